The van der Waals surface area contributed by atoms with E-state index in [1.54, 1.807) is 11.3 Å². The molecule has 3 heterocycles. The summed E-state index contributed by atoms with van der Waals surface area (Å²) < 4.78 is 1.25. The molecule has 3 N–H and O–H groups in total. The maximum absolute atomic E-state index is 4.80. The van der Waals surface area contributed by atoms with Gasteiger partial charge in [-0.2, -0.15) is 9.97 Å². The summed E-state index contributed by atoms with van der Waals surface area (Å²) in [6, 6.07) is 8.92. The third kappa shape index (κ3) is 3.54. The number of nitrogens with one attached hydrogen (secondary N) is 3. The average Bonchev–Trinajstić information content (AvgIpc) is 3.20. The van der Waals surface area contributed by atoms with Crippen molar-refractivity contribution >= 4 is 50.0 Å². The fourth-order valence-corrected chi connectivity index (χ4v) is 4.78. The van der Waals surface area contributed by atoms with Crippen LogP contribution in [-0.2, 0) is 0 Å². The van der Waals surface area contributed by atoms with Gasteiger partial charge in [0.15, 0.2) is 11.5 Å². The largest absolute Gasteiger partial charge is 0.365 e. The Morgan fingerprint density at radius 3 is 2.75 bits per heavy atom. The van der Waals surface area contributed by atoms with Crippen molar-refractivity contribution in [1.29, 1.82) is 0 Å². The quantitative estimate of drug-likeness (QED) is 0.385. The molecule has 7 heteroatoms. The maximum atomic E-state index is 4.80. The van der Waals surface area contributed by atoms with E-state index in [9.17, 15) is 0 Å². The smallest absolute Gasteiger partial charge is 0.231 e. The number of anilines is 3. The summed E-state index contributed by atoms with van der Waals surface area (Å²) in [6.07, 6.45) is 7.60. The van der Waals surface area contributed by atoms with E-state index in [2.05, 4.69) is 55.2 Å². The molecule has 4 aromatic rings. The van der Waals surface area contributed by atoms with E-state index in [-0.39, 0.29) is 0 Å². The molecule has 0 unspecified atom stereocenters. The molecule has 1 aromatic carbocycles. The van der Waals surface area contributed by atoms with E-state index in [1.807, 2.05) is 6.92 Å². The number of thiophene rings is 1. The normalized spacial score (nSPS) is 15.8. The first-order chi connectivity index (χ1) is 13.7. The van der Waals surface area contributed by atoms with Gasteiger partial charge in [-0.3, -0.25) is 0 Å². The summed E-state index contributed by atoms with van der Waals surface area (Å²) in [4.78, 5) is 17.3. The Hall–Kier alpha value is -2.67. The van der Waals surface area contributed by atoms with Gasteiger partial charge in [0.25, 0.3) is 0 Å². The first-order valence-corrected chi connectivity index (χ1v) is 10.9. The highest BCUT2D eigenvalue weighted by Gasteiger charge is 2.17. The topological polar surface area (TPSA) is 78.5 Å². The Morgan fingerprint density at radius 2 is 1.89 bits per heavy atom. The molecule has 3 aromatic heterocycles. The second-order valence-electron chi connectivity index (χ2n) is 7.55. The van der Waals surface area contributed by atoms with Crippen molar-refractivity contribution in [2.75, 3.05) is 10.6 Å². The summed E-state index contributed by atoms with van der Waals surface area (Å²) in [7, 11) is 0. The molecular weight excluding hydrogens is 368 g/mol. The third-order valence-electron chi connectivity index (χ3n) is 5.38. The molecule has 1 aliphatic carbocycles. The van der Waals surface area contributed by atoms with Crippen LogP contribution in [0.2, 0.25) is 0 Å². The van der Waals surface area contributed by atoms with E-state index in [4.69, 9.17) is 4.98 Å². The standard InChI is InChI=1S/C21H24N6S/c1-13-22-18-19(23-13)26-21(25-16-9-8-14-10-11-28-17(14)12-16)27-20(18)24-15-6-4-2-3-5-7-15/h8-12,15H,2-7H2,1H3,(H3,22,23,24,25,26,27). The first kappa shape index (κ1) is 17.4. The Labute approximate surface area is 167 Å². The molecule has 0 atom stereocenters. The van der Waals surface area contributed by atoms with Gasteiger partial charge in [-0.1, -0.05) is 31.7 Å². The second-order valence-corrected chi connectivity index (χ2v) is 8.50. The number of fused-ring (bicyclic) bond motifs is 2. The Bertz CT molecular complexity index is 1110. The first-order valence-electron chi connectivity index (χ1n) is 10.00. The molecule has 0 radical (unpaired) electrons. The zero-order valence-electron chi connectivity index (χ0n) is 16.0. The molecule has 1 fully saturated rings. The third-order valence-corrected chi connectivity index (χ3v) is 6.26. The Balaban J connectivity index is 1.48. The van der Waals surface area contributed by atoms with Crippen LogP contribution in [0.5, 0.6) is 0 Å². The van der Waals surface area contributed by atoms with E-state index in [1.165, 1.54) is 48.6 Å². The highest BCUT2D eigenvalue weighted by molar-refractivity contribution is 7.17. The van der Waals surface area contributed by atoms with Gasteiger partial charge in [-0.25, -0.2) is 4.98 Å². The van der Waals surface area contributed by atoms with Crippen molar-refractivity contribution in [3.63, 3.8) is 0 Å². The van der Waals surface area contributed by atoms with Gasteiger partial charge in [-0.05, 0) is 48.7 Å². The number of aromatic nitrogens is 4. The monoisotopic (exact) mass is 392 g/mol. The van der Waals surface area contributed by atoms with Crippen LogP contribution in [0.15, 0.2) is 29.6 Å². The molecule has 0 spiro atoms. The lowest BCUT2D eigenvalue weighted by molar-refractivity contribution is 0.618. The number of benzene rings is 1. The zero-order chi connectivity index (χ0) is 18.9. The second kappa shape index (κ2) is 7.39. The lowest BCUT2D eigenvalue weighted by Crippen LogP contribution is -2.19. The summed E-state index contributed by atoms with van der Waals surface area (Å²) in [5.74, 6) is 2.27. The van der Waals surface area contributed by atoms with Gasteiger partial charge in [0.2, 0.25) is 5.95 Å². The SMILES string of the molecule is Cc1nc2nc(Nc3ccc4ccsc4c3)nc(NC3CCCCCC3)c2[nH]1. The fraction of sp³-hybridized carbons (Fsp3) is 0.381. The molecule has 5 rings (SSSR count). The molecule has 28 heavy (non-hydrogen) atoms. The summed E-state index contributed by atoms with van der Waals surface area (Å²) >= 11 is 1.74. The van der Waals surface area contributed by atoms with Crippen LogP contribution in [0.25, 0.3) is 21.3 Å². The number of aromatic amines is 1. The minimum absolute atomic E-state index is 0.458. The van der Waals surface area contributed by atoms with Gasteiger partial charge in [-0.15, -0.1) is 11.3 Å². The molecule has 0 bridgehead atoms. The molecular formula is C21H24N6S. The number of imidazole rings is 1. The van der Waals surface area contributed by atoms with Crippen LogP contribution >= 0.6 is 11.3 Å². The molecule has 1 saturated carbocycles. The van der Waals surface area contributed by atoms with Crippen LogP contribution in [0.1, 0.15) is 44.3 Å². The van der Waals surface area contributed by atoms with Crippen molar-refractivity contribution in [1.82, 2.24) is 19.9 Å². The molecule has 0 aliphatic heterocycles. The van der Waals surface area contributed by atoms with Crippen LogP contribution in [0.4, 0.5) is 17.5 Å². The highest BCUT2D eigenvalue weighted by atomic mass is 32.1. The van der Waals surface area contributed by atoms with E-state index in [0.717, 1.165) is 22.8 Å². The van der Waals surface area contributed by atoms with Crippen LogP contribution < -0.4 is 10.6 Å². The molecule has 144 valence electrons. The number of aryl methyl sites for hydroxylation is 1. The van der Waals surface area contributed by atoms with E-state index >= 15 is 0 Å². The summed E-state index contributed by atoms with van der Waals surface area (Å²) in [5.41, 5.74) is 2.58. The predicted octanol–water partition coefficient (Wildman–Crippen LogP) is 5.75. The molecule has 1 aliphatic rings. The Kier molecular flexibility index (Phi) is 4.60. The number of rotatable bonds is 4. The molecule has 0 saturated heterocycles. The van der Waals surface area contributed by atoms with Crippen LogP contribution in [0.3, 0.4) is 0 Å². The minimum Gasteiger partial charge on any atom is -0.365 e. The van der Waals surface area contributed by atoms with Gasteiger partial charge in [0.05, 0.1) is 0 Å². The zero-order valence-corrected chi connectivity index (χ0v) is 16.8. The maximum Gasteiger partial charge on any atom is 0.231 e. The number of hydrogen-bond donors (Lipinski definition) is 3. The van der Waals surface area contributed by atoms with Crippen LogP contribution in [-0.4, -0.2) is 26.0 Å². The number of H-pyrrole nitrogens is 1. The predicted molar refractivity (Wildman–Crippen MR) is 117 cm³/mol. The van der Waals surface area contributed by atoms with Crippen molar-refractivity contribution < 1.29 is 0 Å². The van der Waals surface area contributed by atoms with Crippen molar-refractivity contribution in [3.8, 4) is 0 Å². The highest BCUT2D eigenvalue weighted by Crippen LogP contribution is 2.28. The van der Waals surface area contributed by atoms with E-state index < -0.39 is 0 Å². The minimum atomic E-state index is 0.458. The summed E-state index contributed by atoms with van der Waals surface area (Å²) in [5, 5.41) is 10.4. The van der Waals surface area contributed by atoms with Gasteiger partial charge >= 0.3 is 0 Å². The molecule has 0 amide bonds. The van der Waals surface area contributed by atoms with E-state index in [0.29, 0.717) is 17.6 Å². The Morgan fingerprint density at radius 1 is 1.04 bits per heavy atom. The lowest BCUT2D eigenvalue weighted by Gasteiger charge is -2.17. The van der Waals surface area contributed by atoms with Gasteiger partial charge < -0.3 is 15.6 Å². The number of hydrogen-bond acceptors (Lipinski definition) is 6. The number of nitrogens with zero attached hydrogens (tertiary/aromatic N) is 3. The van der Waals surface area contributed by atoms with Crippen LogP contribution in [0, 0.1) is 6.92 Å². The average molecular weight is 393 g/mol. The molecule has 6 nitrogen and oxygen atoms in total. The van der Waals surface area contributed by atoms with Crippen molar-refractivity contribution in [2.24, 2.45) is 0 Å². The van der Waals surface area contributed by atoms with Gasteiger partial charge in [0.1, 0.15) is 11.3 Å². The summed E-state index contributed by atoms with van der Waals surface area (Å²) in [6.45, 7) is 1.95. The fourth-order valence-electron chi connectivity index (χ4n) is 3.95. The lowest BCUT2D eigenvalue weighted by atomic mass is 10.1. The van der Waals surface area contributed by atoms with Gasteiger partial charge in [0, 0.05) is 16.4 Å². The van der Waals surface area contributed by atoms with Crippen molar-refractivity contribution in [2.45, 2.75) is 51.5 Å². The van der Waals surface area contributed by atoms with Crippen molar-refractivity contribution in [3.05, 3.63) is 35.5 Å².